The lowest BCUT2D eigenvalue weighted by Crippen LogP contribution is -2.05. The fourth-order valence-electron chi connectivity index (χ4n) is 2.20. The van der Waals surface area contributed by atoms with E-state index in [2.05, 4.69) is 71.5 Å². The van der Waals surface area contributed by atoms with Crippen molar-refractivity contribution in [2.24, 2.45) is 0 Å². The molecule has 0 heterocycles. The number of rotatable bonds is 5. The summed E-state index contributed by atoms with van der Waals surface area (Å²) in [5.41, 5.74) is 4.87. The average molecular weight is 334 g/mol. The first-order valence-corrected chi connectivity index (χ1v) is 7.51. The summed E-state index contributed by atoms with van der Waals surface area (Å²) in [5, 5.41) is 3.15. The molecule has 0 bridgehead atoms. The average Bonchev–Trinajstić information content (AvgIpc) is 2.37. The lowest BCUT2D eigenvalue weighted by molar-refractivity contribution is 0.305. The van der Waals surface area contributed by atoms with Gasteiger partial charge < -0.3 is 10.1 Å². The van der Waals surface area contributed by atoms with E-state index < -0.39 is 0 Å². The smallest absolute Gasteiger partial charge is 0.120 e. The van der Waals surface area contributed by atoms with Gasteiger partial charge in [0.25, 0.3) is 0 Å². The van der Waals surface area contributed by atoms with Gasteiger partial charge in [-0.25, -0.2) is 0 Å². The van der Waals surface area contributed by atoms with E-state index in [9.17, 15) is 0 Å². The van der Waals surface area contributed by atoms with Gasteiger partial charge in [-0.2, -0.15) is 0 Å². The predicted octanol–water partition coefficient (Wildman–Crippen LogP) is 4.36. The van der Waals surface area contributed by atoms with Gasteiger partial charge in [0.2, 0.25) is 0 Å². The van der Waals surface area contributed by atoms with Crippen LogP contribution in [0.15, 0.2) is 40.9 Å². The second-order valence-corrected chi connectivity index (χ2v) is 5.92. The molecule has 0 amide bonds. The van der Waals surface area contributed by atoms with Crippen LogP contribution in [0.5, 0.6) is 5.75 Å². The maximum absolute atomic E-state index is 5.89. The van der Waals surface area contributed by atoms with Gasteiger partial charge in [-0.1, -0.05) is 34.1 Å². The molecule has 0 saturated heterocycles. The summed E-state index contributed by atoms with van der Waals surface area (Å²) in [5.74, 6) is 0.925. The number of hydrogen-bond donors (Lipinski definition) is 1. The van der Waals surface area contributed by atoms with Gasteiger partial charge in [-0.15, -0.1) is 0 Å². The Hall–Kier alpha value is -1.32. The van der Waals surface area contributed by atoms with Crippen LogP contribution in [0, 0.1) is 13.8 Å². The number of hydrogen-bond acceptors (Lipinski definition) is 2. The molecule has 20 heavy (non-hydrogen) atoms. The van der Waals surface area contributed by atoms with Crippen LogP contribution < -0.4 is 10.1 Å². The van der Waals surface area contributed by atoms with Gasteiger partial charge in [0.05, 0.1) is 0 Å². The van der Waals surface area contributed by atoms with Crippen LogP contribution in [0.1, 0.15) is 22.3 Å². The van der Waals surface area contributed by atoms with Gasteiger partial charge in [-0.05, 0) is 55.8 Å². The molecule has 2 nitrogen and oxygen atoms in total. The quantitative estimate of drug-likeness (QED) is 0.877. The van der Waals surface area contributed by atoms with E-state index in [1.54, 1.807) is 0 Å². The molecule has 2 aromatic rings. The summed E-state index contributed by atoms with van der Waals surface area (Å²) in [6, 6.07) is 12.7. The van der Waals surface area contributed by atoms with Crippen molar-refractivity contribution in [3.63, 3.8) is 0 Å². The highest BCUT2D eigenvalue weighted by Crippen LogP contribution is 2.22. The van der Waals surface area contributed by atoms with Crippen LogP contribution >= 0.6 is 15.9 Å². The molecule has 0 aromatic heterocycles. The van der Waals surface area contributed by atoms with Crippen LogP contribution in [-0.4, -0.2) is 7.05 Å². The van der Waals surface area contributed by atoms with Crippen LogP contribution in [0.2, 0.25) is 0 Å². The minimum Gasteiger partial charge on any atom is -0.489 e. The Morgan fingerprint density at radius 3 is 2.35 bits per heavy atom. The zero-order valence-corrected chi connectivity index (χ0v) is 13.8. The molecular weight excluding hydrogens is 314 g/mol. The van der Waals surface area contributed by atoms with E-state index in [1.165, 1.54) is 16.7 Å². The lowest BCUT2D eigenvalue weighted by Gasteiger charge is -2.11. The summed E-state index contributed by atoms with van der Waals surface area (Å²) >= 11 is 3.61. The molecule has 0 fully saturated rings. The van der Waals surface area contributed by atoms with Crippen molar-refractivity contribution in [1.29, 1.82) is 0 Å². The Kier molecular flexibility index (Phi) is 5.21. The zero-order valence-electron chi connectivity index (χ0n) is 12.2. The first-order valence-electron chi connectivity index (χ1n) is 6.71. The van der Waals surface area contributed by atoms with Crippen LogP contribution in [0.25, 0.3) is 0 Å². The van der Waals surface area contributed by atoms with Crippen molar-refractivity contribution < 1.29 is 4.74 Å². The fourth-order valence-corrected chi connectivity index (χ4v) is 2.74. The van der Waals surface area contributed by atoms with Crippen molar-refractivity contribution >= 4 is 15.9 Å². The normalized spacial score (nSPS) is 10.6. The predicted molar refractivity (Wildman–Crippen MR) is 87.2 cm³/mol. The van der Waals surface area contributed by atoms with Crippen molar-refractivity contribution in [1.82, 2.24) is 5.32 Å². The minimum atomic E-state index is 0.573. The van der Waals surface area contributed by atoms with Crippen molar-refractivity contribution in [2.75, 3.05) is 7.05 Å². The standard InChI is InChI=1S/C17H20BrNO/c1-12-6-13(2)8-16(7-12)20-11-15-5-4-14(10-19-3)9-17(15)18/h4-9,19H,10-11H2,1-3H3. The van der Waals surface area contributed by atoms with Crippen molar-refractivity contribution in [3.05, 3.63) is 63.1 Å². The highest BCUT2D eigenvalue weighted by atomic mass is 79.9. The Morgan fingerprint density at radius 2 is 1.75 bits per heavy atom. The number of ether oxygens (including phenoxy) is 1. The summed E-state index contributed by atoms with van der Waals surface area (Å²) < 4.78 is 6.98. The highest BCUT2D eigenvalue weighted by Gasteiger charge is 2.03. The number of nitrogens with one attached hydrogen (secondary N) is 1. The second-order valence-electron chi connectivity index (χ2n) is 5.07. The molecule has 3 heteroatoms. The van der Waals surface area contributed by atoms with E-state index in [-0.39, 0.29) is 0 Å². The molecule has 0 aliphatic carbocycles. The second kappa shape index (κ2) is 6.91. The zero-order chi connectivity index (χ0) is 14.5. The Morgan fingerprint density at radius 1 is 1.05 bits per heavy atom. The maximum atomic E-state index is 5.89. The third kappa shape index (κ3) is 4.09. The molecular formula is C17H20BrNO. The minimum absolute atomic E-state index is 0.573. The van der Waals surface area contributed by atoms with E-state index >= 15 is 0 Å². The summed E-state index contributed by atoms with van der Waals surface area (Å²) in [4.78, 5) is 0. The maximum Gasteiger partial charge on any atom is 0.120 e. The molecule has 0 spiro atoms. The molecule has 0 atom stereocenters. The molecule has 0 saturated carbocycles. The summed E-state index contributed by atoms with van der Waals surface area (Å²) in [6.45, 7) is 5.62. The lowest BCUT2D eigenvalue weighted by atomic mass is 10.1. The molecule has 0 aliphatic heterocycles. The highest BCUT2D eigenvalue weighted by molar-refractivity contribution is 9.10. The van der Waals surface area contributed by atoms with E-state index in [1.807, 2.05) is 7.05 Å². The SMILES string of the molecule is CNCc1ccc(COc2cc(C)cc(C)c2)c(Br)c1. The summed E-state index contributed by atoms with van der Waals surface area (Å²) in [6.07, 6.45) is 0. The molecule has 2 rings (SSSR count). The Bertz CT molecular complexity index is 575. The van der Waals surface area contributed by atoms with E-state index in [0.717, 1.165) is 22.3 Å². The van der Waals surface area contributed by atoms with Crippen molar-refractivity contribution in [3.8, 4) is 5.75 Å². The number of halogens is 1. The third-order valence-electron chi connectivity index (χ3n) is 3.09. The van der Waals surface area contributed by atoms with Crippen LogP contribution in [-0.2, 0) is 13.2 Å². The summed E-state index contributed by atoms with van der Waals surface area (Å²) in [7, 11) is 1.95. The Balaban J connectivity index is 2.06. The molecule has 0 aliphatic rings. The Labute approximate surface area is 129 Å². The van der Waals surface area contributed by atoms with Gasteiger partial charge in [0, 0.05) is 16.6 Å². The van der Waals surface area contributed by atoms with Gasteiger partial charge in [0.1, 0.15) is 12.4 Å². The first-order chi connectivity index (χ1) is 9.58. The number of aryl methyl sites for hydroxylation is 2. The first kappa shape index (κ1) is 15.1. The molecule has 0 unspecified atom stereocenters. The van der Waals surface area contributed by atoms with Gasteiger partial charge in [0.15, 0.2) is 0 Å². The molecule has 2 aromatic carbocycles. The largest absolute Gasteiger partial charge is 0.489 e. The number of benzene rings is 2. The van der Waals surface area contributed by atoms with E-state index in [0.29, 0.717) is 6.61 Å². The van der Waals surface area contributed by atoms with Crippen LogP contribution in [0.3, 0.4) is 0 Å². The van der Waals surface area contributed by atoms with Gasteiger partial charge in [-0.3, -0.25) is 0 Å². The van der Waals surface area contributed by atoms with Crippen LogP contribution in [0.4, 0.5) is 0 Å². The molecule has 106 valence electrons. The fraction of sp³-hybridized carbons (Fsp3) is 0.294. The van der Waals surface area contributed by atoms with Gasteiger partial charge >= 0.3 is 0 Å². The third-order valence-corrected chi connectivity index (χ3v) is 3.83. The topological polar surface area (TPSA) is 21.3 Å². The molecule has 0 radical (unpaired) electrons. The monoisotopic (exact) mass is 333 g/mol. The van der Waals surface area contributed by atoms with E-state index in [4.69, 9.17) is 4.74 Å². The van der Waals surface area contributed by atoms with Crippen molar-refractivity contribution in [2.45, 2.75) is 27.0 Å². The molecule has 1 N–H and O–H groups in total.